The number of H-pyrrole nitrogens is 1. The summed E-state index contributed by atoms with van der Waals surface area (Å²) in [6.45, 7) is 1.60. The number of aromatic nitrogens is 3. The Labute approximate surface area is 99.8 Å². The van der Waals surface area contributed by atoms with Crippen LogP contribution in [0, 0.1) is 17.0 Å². The molecule has 0 radical (unpaired) electrons. The maximum absolute atomic E-state index is 11.5. The van der Waals surface area contributed by atoms with E-state index in [2.05, 4.69) is 10.1 Å². The van der Waals surface area contributed by atoms with Crippen LogP contribution in [0.25, 0.3) is 5.69 Å². The largest absolute Gasteiger partial charge is 0.348 e. The highest BCUT2D eigenvalue weighted by molar-refractivity contribution is 6.32. The molecule has 0 aliphatic heterocycles. The topological polar surface area (TPSA) is 93.8 Å². The normalized spacial score (nSPS) is 10.5. The predicted octanol–water partition coefficient (Wildman–Crippen LogP) is 1.43. The van der Waals surface area contributed by atoms with Crippen molar-refractivity contribution in [2.45, 2.75) is 6.92 Å². The minimum Gasteiger partial charge on any atom is -0.293 e. The highest BCUT2D eigenvalue weighted by Gasteiger charge is 2.14. The lowest BCUT2D eigenvalue weighted by Gasteiger charge is -2.01. The third-order valence-corrected chi connectivity index (χ3v) is 2.42. The van der Waals surface area contributed by atoms with Crippen molar-refractivity contribution in [3.63, 3.8) is 0 Å². The average molecular weight is 255 g/mol. The van der Waals surface area contributed by atoms with Crippen LogP contribution in [0.4, 0.5) is 5.69 Å². The summed E-state index contributed by atoms with van der Waals surface area (Å²) in [5.41, 5.74) is -0.475. The van der Waals surface area contributed by atoms with Crippen LogP contribution < -0.4 is 5.69 Å². The molecule has 17 heavy (non-hydrogen) atoms. The number of halogens is 1. The van der Waals surface area contributed by atoms with E-state index in [0.717, 1.165) is 4.68 Å². The lowest BCUT2D eigenvalue weighted by Crippen LogP contribution is -2.16. The Morgan fingerprint density at radius 1 is 1.53 bits per heavy atom. The second-order valence-electron chi connectivity index (χ2n) is 3.32. The van der Waals surface area contributed by atoms with Gasteiger partial charge in [-0.2, -0.15) is 9.78 Å². The Hall–Kier alpha value is -2.15. The first-order chi connectivity index (χ1) is 7.99. The van der Waals surface area contributed by atoms with Crippen LogP contribution in [0.1, 0.15) is 5.82 Å². The van der Waals surface area contributed by atoms with Gasteiger partial charge < -0.3 is 0 Å². The molecule has 0 bridgehead atoms. The third kappa shape index (κ3) is 2.04. The van der Waals surface area contributed by atoms with Gasteiger partial charge in [-0.05, 0) is 13.0 Å². The smallest absolute Gasteiger partial charge is 0.293 e. The van der Waals surface area contributed by atoms with Crippen LogP contribution in [-0.4, -0.2) is 19.7 Å². The van der Waals surface area contributed by atoms with Crippen LogP contribution in [0.5, 0.6) is 0 Å². The van der Waals surface area contributed by atoms with Crippen LogP contribution in [-0.2, 0) is 0 Å². The molecule has 0 spiro atoms. The Kier molecular flexibility index (Phi) is 2.68. The van der Waals surface area contributed by atoms with Gasteiger partial charge in [0.25, 0.3) is 5.69 Å². The number of rotatable bonds is 2. The zero-order valence-electron chi connectivity index (χ0n) is 8.68. The van der Waals surface area contributed by atoms with Gasteiger partial charge in [0.05, 0.1) is 15.6 Å². The van der Waals surface area contributed by atoms with Crippen LogP contribution in [0.15, 0.2) is 23.0 Å². The number of hydrogen-bond donors (Lipinski definition) is 1. The molecule has 0 aliphatic carbocycles. The van der Waals surface area contributed by atoms with E-state index in [1.54, 1.807) is 6.92 Å². The van der Waals surface area contributed by atoms with Crippen molar-refractivity contribution in [3.8, 4) is 5.69 Å². The molecule has 0 atom stereocenters. The summed E-state index contributed by atoms with van der Waals surface area (Å²) in [6, 6.07) is 3.81. The van der Waals surface area contributed by atoms with Crippen molar-refractivity contribution in [2.24, 2.45) is 0 Å². The van der Waals surface area contributed by atoms with Gasteiger partial charge in [-0.3, -0.25) is 15.1 Å². The standard InChI is InChI=1S/C9H7ClN4O3/c1-5-11-9(15)13(12-5)8-4-6(14(16)17)2-3-7(8)10/h2-4H,1H3,(H,11,12,15). The van der Waals surface area contributed by atoms with Crippen molar-refractivity contribution in [3.05, 3.63) is 49.6 Å². The minimum absolute atomic E-state index is 0.156. The molecular formula is C9H7ClN4O3. The van der Waals surface area contributed by atoms with Crippen molar-refractivity contribution >= 4 is 17.3 Å². The van der Waals surface area contributed by atoms with Gasteiger partial charge in [-0.1, -0.05) is 11.6 Å². The summed E-state index contributed by atoms with van der Waals surface area (Å²) >= 11 is 5.88. The number of aromatic amines is 1. The van der Waals surface area contributed by atoms with Crippen molar-refractivity contribution in [2.75, 3.05) is 0 Å². The number of benzene rings is 1. The molecule has 1 heterocycles. The fraction of sp³-hybridized carbons (Fsp3) is 0.111. The molecule has 88 valence electrons. The van der Waals surface area contributed by atoms with Crippen molar-refractivity contribution < 1.29 is 4.92 Å². The summed E-state index contributed by atoms with van der Waals surface area (Å²) in [5.74, 6) is 0.401. The second kappa shape index (κ2) is 4.02. The van der Waals surface area contributed by atoms with E-state index >= 15 is 0 Å². The maximum atomic E-state index is 11.5. The number of nitro benzene ring substituents is 1. The van der Waals surface area contributed by atoms with E-state index in [1.807, 2.05) is 0 Å². The molecule has 0 saturated carbocycles. The number of nitrogens with zero attached hydrogens (tertiary/aromatic N) is 3. The highest BCUT2D eigenvalue weighted by Crippen LogP contribution is 2.23. The first-order valence-electron chi connectivity index (χ1n) is 4.59. The Morgan fingerprint density at radius 3 is 2.76 bits per heavy atom. The first kappa shape index (κ1) is 11.3. The van der Waals surface area contributed by atoms with Crippen LogP contribution in [0.2, 0.25) is 5.02 Å². The number of hydrogen-bond acceptors (Lipinski definition) is 4. The number of non-ortho nitro benzene ring substituents is 1. The van der Waals surface area contributed by atoms with Gasteiger partial charge in [0.15, 0.2) is 0 Å². The minimum atomic E-state index is -0.565. The van der Waals surface area contributed by atoms with Gasteiger partial charge in [0, 0.05) is 12.1 Å². The third-order valence-electron chi connectivity index (χ3n) is 2.10. The molecule has 1 aromatic carbocycles. The van der Waals surface area contributed by atoms with E-state index < -0.39 is 10.6 Å². The van der Waals surface area contributed by atoms with Crippen molar-refractivity contribution in [1.29, 1.82) is 0 Å². The van der Waals surface area contributed by atoms with Gasteiger partial charge in [0.2, 0.25) is 0 Å². The maximum Gasteiger partial charge on any atom is 0.348 e. The van der Waals surface area contributed by atoms with Crippen LogP contribution >= 0.6 is 11.6 Å². The van der Waals surface area contributed by atoms with Gasteiger partial charge >= 0.3 is 5.69 Å². The molecule has 0 amide bonds. The molecule has 1 N–H and O–H groups in total. The fourth-order valence-corrected chi connectivity index (χ4v) is 1.57. The van der Waals surface area contributed by atoms with Crippen LogP contribution in [0.3, 0.4) is 0 Å². The van der Waals surface area contributed by atoms with Gasteiger partial charge in [0.1, 0.15) is 5.82 Å². The Bertz CT molecular complexity index is 646. The van der Waals surface area contributed by atoms with E-state index in [9.17, 15) is 14.9 Å². The molecule has 1 aromatic heterocycles. The second-order valence-corrected chi connectivity index (χ2v) is 3.73. The SMILES string of the molecule is Cc1nn(-c2cc([N+](=O)[O-])ccc2Cl)c(=O)[nH]1. The quantitative estimate of drug-likeness (QED) is 0.648. The monoisotopic (exact) mass is 254 g/mol. The molecule has 0 fully saturated rings. The van der Waals surface area contributed by atoms with Gasteiger partial charge in [-0.25, -0.2) is 4.79 Å². The molecule has 7 nitrogen and oxygen atoms in total. The lowest BCUT2D eigenvalue weighted by atomic mass is 10.3. The number of nitrogens with one attached hydrogen (secondary N) is 1. The summed E-state index contributed by atoms with van der Waals surface area (Å²) in [6.07, 6.45) is 0. The van der Waals surface area contributed by atoms with Crippen molar-refractivity contribution in [1.82, 2.24) is 14.8 Å². The molecule has 2 aromatic rings. The summed E-state index contributed by atoms with van der Waals surface area (Å²) in [4.78, 5) is 24.0. The predicted molar refractivity (Wildman–Crippen MR) is 60.6 cm³/mol. The molecule has 0 saturated heterocycles. The van der Waals surface area contributed by atoms with Gasteiger partial charge in [-0.15, -0.1) is 0 Å². The average Bonchev–Trinajstić information content (AvgIpc) is 2.58. The zero-order valence-corrected chi connectivity index (χ0v) is 9.43. The lowest BCUT2D eigenvalue weighted by molar-refractivity contribution is -0.384. The molecule has 2 rings (SSSR count). The summed E-state index contributed by atoms with van der Waals surface area (Å²) in [7, 11) is 0. The number of nitro groups is 1. The first-order valence-corrected chi connectivity index (χ1v) is 4.97. The highest BCUT2D eigenvalue weighted by atomic mass is 35.5. The Morgan fingerprint density at radius 2 is 2.24 bits per heavy atom. The molecular weight excluding hydrogens is 248 g/mol. The van der Waals surface area contributed by atoms with E-state index in [4.69, 9.17) is 11.6 Å². The fourth-order valence-electron chi connectivity index (χ4n) is 1.37. The van der Waals surface area contributed by atoms with E-state index in [1.165, 1.54) is 18.2 Å². The Balaban J connectivity index is 2.66. The van der Waals surface area contributed by atoms with E-state index in [0.29, 0.717) is 5.82 Å². The molecule has 0 aliphatic rings. The van der Waals surface area contributed by atoms with E-state index in [-0.39, 0.29) is 16.4 Å². The zero-order chi connectivity index (χ0) is 12.6. The molecule has 8 heteroatoms. The number of aryl methyl sites for hydroxylation is 1. The summed E-state index contributed by atoms with van der Waals surface area (Å²) in [5, 5.41) is 14.7. The molecule has 0 unspecified atom stereocenters. The summed E-state index contributed by atoms with van der Waals surface area (Å²) < 4.78 is 0.991.